The quantitative estimate of drug-likeness (QED) is 0.536. The smallest absolute Gasteiger partial charge is 0.265 e. The van der Waals surface area contributed by atoms with E-state index in [-0.39, 0.29) is 5.91 Å². The topological polar surface area (TPSA) is 42.4 Å². The number of carbonyl (C=O) groups excluding carboxylic acids is 1. The van der Waals surface area contributed by atoms with E-state index >= 15 is 0 Å². The molecule has 0 saturated carbocycles. The number of hydrogen-bond donors (Lipinski definition) is 0. The second-order valence-corrected chi connectivity index (χ2v) is 7.25. The molecule has 3 aromatic rings. The summed E-state index contributed by atoms with van der Waals surface area (Å²) < 4.78 is 5.65. The first-order valence-electron chi connectivity index (χ1n) is 8.28. The maximum Gasteiger partial charge on any atom is 0.265 e. The Labute approximate surface area is 162 Å². The monoisotopic (exact) mass is 386 g/mol. The van der Waals surface area contributed by atoms with Crippen LogP contribution in [-0.2, 0) is 0 Å². The summed E-state index contributed by atoms with van der Waals surface area (Å²) in [6.07, 6.45) is 2.38. The Morgan fingerprint density at radius 2 is 2.00 bits per heavy atom. The first-order valence-corrected chi connectivity index (χ1v) is 9.48. The maximum atomic E-state index is 12.5. The van der Waals surface area contributed by atoms with E-state index < -0.39 is 0 Å². The molecule has 1 aromatic heterocycles. The van der Waals surface area contributed by atoms with Gasteiger partial charge in [0.2, 0.25) is 0 Å². The van der Waals surface area contributed by atoms with Gasteiger partial charge in [0.05, 0.1) is 12.8 Å². The number of amides is 1. The number of thiazole rings is 1. The lowest BCUT2D eigenvalue weighted by Crippen LogP contribution is -2.28. The molecular formula is C20H19ClN2O2S. The molecular weight excluding hydrogens is 368 g/mol. The molecule has 0 unspecified atom stereocenters. The number of benzene rings is 2. The first-order chi connectivity index (χ1) is 12.6. The van der Waals surface area contributed by atoms with Crippen LogP contribution in [-0.4, -0.2) is 36.0 Å². The van der Waals surface area contributed by atoms with Gasteiger partial charge in [-0.05, 0) is 24.6 Å². The third kappa shape index (κ3) is 4.84. The Balaban J connectivity index is 1.49. The Bertz CT molecular complexity index is 867. The zero-order chi connectivity index (χ0) is 18.4. The molecule has 26 heavy (non-hydrogen) atoms. The molecule has 4 nitrogen and oxygen atoms in total. The van der Waals surface area contributed by atoms with Gasteiger partial charge in [0.25, 0.3) is 5.91 Å². The molecule has 3 rings (SSSR count). The van der Waals surface area contributed by atoms with E-state index in [0.717, 1.165) is 22.7 Å². The zero-order valence-electron chi connectivity index (χ0n) is 14.4. The summed E-state index contributed by atoms with van der Waals surface area (Å²) in [7, 11) is 1.80. The van der Waals surface area contributed by atoms with Crippen LogP contribution in [0, 0.1) is 0 Å². The van der Waals surface area contributed by atoms with Crippen LogP contribution in [0.3, 0.4) is 0 Å². The van der Waals surface area contributed by atoms with Crippen molar-refractivity contribution in [2.45, 2.75) is 6.42 Å². The van der Waals surface area contributed by atoms with Crippen LogP contribution < -0.4 is 4.74 Å². The van der Waals surface area contributed by atoms with Crippen molar-refractivity contribution in [2.75, 3.05) is 20.2 Å². The lowest BCUT2D eigenvalue weighted by molar-refractivity contribution is 0.0792. The van der Waals surface area contributed by atoms with E-state index in [1.54, 1.807) is 30.3 Å². The van der Waals surface area contributed by atoms with E-state index in [0.29, 0.717) is 23.1 Å². The summed E-state index contributed by atoms with van der Waals surface area (Å²) in [5, 5.41) is 1.50. The van der Waals surface area contributed by atoms with Crippen LogP contribution in [0.2, 0.25) is 5.02 Å². The lowest BCUT2D eigenvalue weighted by atomic mass is 10.2. The summed E-state index contributed by atoms with van der Waals surface area (Å²) in [6, 6.07) is 17.2. The summed E-state index contributed by atoms with van der Waals surface area (Å²) in [6.45, 7) is 1.13. The van der Waals surface area contributed by atoms with Crippen molar-refractivity contribution in [3.63, 3.8) is 0 Å². The molecule has 1 amide bonds. The van der Waals surface area contributed by atoms with E-state index in [2.05, 4.69) is 4.98 Å². The van der Waals surface area contributed by atoms with Gasteiger partial charge in [-0.15, -0.1) is 11.3 Å². The van der Waals surface area contributed by atoms with E-state index in [9.17, 15) is 4.79 Å². The molecule has 0 N–H and O–H groups in total. The molecule has 0 bridgehead atoms. The van der Waals surface area contributed by atoms with Gasteiger partial charge >= 0.3 is 0 Å². The standard InChI is InChI=1S/C20H19ClN2O2S/c1-23(11-6-12-25-17-10-5-9-16(21)13-17)20(24)18-14-22-19(26-18)15-7-3-2-4-8-15/h2-5,7-10,13-14H,6,11-12H2,1H3. The summed E-state index contributed by atoms with van der Waals surface area (Å²) >= 11 is 7.34. The number of rotatable bonds is 7. The summed E-state index contributed by atoms with van der Waals surface area (Å²) in [5.74, 6) is 0.717. The second kappa shape index (κ2) is 8.83. The Morgan fingerprint density at radius 1 is 1.19 bits per heavy atom. The van der Waals surface area contributed by atoms with Gasteiger partial charge in [0.15, 0.2) is 0 Å². The molecule has 0 radical (unpaired) electrons. The number of nitrogens with zero attached hydrogens (tertiary/aromatic N) is 2. The second-order valence-electron chi connectivity index (χ2n) is 5.78. The highest BCUT2D eigenvalue weighted by Crippen LogP contribution is 2.25. The van der Waals surface area contributed by atoms with Crippen LogP contribution >= 0.6 is 22.9 Å². The number of ether oxygens (including phenoxy) is 1. The highest BCUT2D eigenvalue weighted by atomic mass is 35.5. The minimum atomic E-state index is -0.0209. The average Bonchev–Trinajstić information content (AvgIpc) is 3.15. The van der Waals surface area contributed by atoms with Gasteiger partial charge < -0.3 is 9.64 Å². The van der Waals surface area contributed by atoms with Crippen molar-refractivity contribution in [3.8, 4) is 16.3 Å². The summed E-state index contributed by atoms with van der Waals surface area (Å²) in [4.78, 5) is 19.2. The molecule has 2 aromatic carbocycles. The molecule has 0 fully saturated rings. The minimum Gasteiger partial charge on any atom is -0.493 e. The van der Waals surface area contributed by atoms with Gasteiger partial charge in [-0.1, -0.05) is 48.0 Å². The molecule has 0 saturated heterocycles. The molecule has 134 valence electrons. The number of halogens is 1. The molecule has 0 aliphatic heterocycles. The molecule has 0 atom stereocenters. The molecule has 6 heteroatoms. The van der Waals surface area contributed by atoms with Gasteiger partial charge in [0.1, 0.15) is 15.6 Å². The van der Waals surface area contributed by atoms with Gasteiger partial charge in [-0.25, -0.2) is 4.98 Å². The fourth-order valence-electron chi connectivity index (χ4n) is 2.43. The van der Waals surface area contributed by atoms with Crippen molar-refractivity contribution in [2.24, 2.45) is 0 Å². The third-order valence-electron chi connectivity index (χ3n) is 3.79. The van der Waals surface area contributed by atoms with Gasteiger partial charge in [-0.3, -0.25) is 4.79 Å². The normalized spacial score (nSPS) is 10.5. The van der Waals surface area contributed by atoms with Crippen molar-refractivity contribution >= 4 is 28.8 Å². The molecule has 0 spiro atoms. The van der Waals surface area contributed by atoms with Gasteiger partial charge in [0, 0.05) is 24.2 Å². The largest absolute Gasteiger partial charge is 0.493 e. The SMILES string of the molecule is CN(CCCOc1cccc(Cl)c1)C(=O)c1cnc(-c2ccccc2)s1. The fourth-order valence-corrected chi connectivity index (χ4v) is 3.52. The minimum absolute atomic E-state index is 0.0209. The lowest BCUT2D eigenvalue weighted by Gasteiger charge is -2.16. The average molecular weight is 387 g/mol. The Kier molecular flexibility index (Phi) is 6.26. The highest BCUT2D eigenvalue weighted by Gasteiger charge is 2.15. The van der Waals surface area contributed by atoms with E-state index in [1.807, 2.05) is 42.5 Å². The van der Waals surface area contributed by atoms with E-state index in [1.165, 1.54) is 11.3 Å². The molecule has 1 heterocycles. The number of carbonyl (C=O) groups is 1. The highest BCUT2D eigenvalue weighted by molar-refractivity contribution is 7.16. The van der Waals surface area contributed by atoms with Crippen LogP contribution in [0.15, 0.2) is 60.8 Å². The van der Waals surface area contributed by atoms with Crippen LogP contribution in [0.25, 0.3) is 10.6 Å². The van der Waals surface area contributed by atoms with Crippen LogP contribution in [0.4, 0.5) is 0 Å². The zero-order valence-corrected chi connectivity index (χ0v) is 16.0. The molecule has 0 aliphatic rings. The third-order valence-corrected chi connectivity index (χ3v) is 5.06. The van der Waals surface area contributed by atoms with Crippen LogP contribution in [0.5, 0.6) is 5.75 Å². The predicted molar refractivity (Wildman–Crippen MR) is 106 cm³/mol. The number of hydrogen-bond acceptors (Lipinski definition) is 4. The fraction of sp³-hybridized carbons (Fsp3) is 0.200. The molecule has 0 aliphatic carbocycles. The van der Waals surface area contributed by atoms with Crippen LogP contribution in [0.1, 0.15) is 16.1 Å². The first kappa shape index (κ1) is 18.4. The number of aromatic nitrogens is 1. The van der Waals surface area contributed by atoms with Crippen molar-refractivity contribution in [1.29, 1.82) is 0 Å². The predicted octanol–water partition coefficient (Wildman–Crippen LogP) is 5.00. The van der Waals surface area contributed by atoms with Crippen molar-refractivity contribution < 1.29 is 9.53 Å². The van der Waals surface area contributed by atoms with Crippen molar-refractivity contribution in [3.05, 3.63) is 70.7 Å². The van der Waals surface area contributed by atoms with Crippen molar-refractivity contribution in [1.82, 2.24) is 9.88 Å². The van der Waals surface area contributed by atoms with E-state index in [4.69, 9.17) is 16.3 Å². The Morgan fingerprint density at radius 3 is 2.77 bits per heavy atom. The summed E-state index contributed by atoms with van der Waals surface area (Å²) in [5.41, 5.74) is 1.02. The van der Waals surface area contributed by atoms with Gasteiger partial charge in [-0.2, -0.15) is 0 Å². The Hall–Kier alpha value is -2.37. The maximum absolute atomic E-state index is 12.5.